The molecular formula is C7H14N2O4. The zero-order valence-corrected chi connectivity index (χ0v) is 7.19. The first-order valence-electron chi connectivity index (χ1n) is 3.93. The van der Waals surface area contributed by atoms with Crippen LogP contribution in [0, 0.1) is 0 Å². The number of nitrogens with two attached hydrogens (primary N) is 1. The summed E-state index contributed by atoms with van der Waals surface area (Å²) in [6, 6.07) is 0. The normalized spacial score (nSPS) is 12.2. The van der Waals surface area contributed by atoms with Crippen molar-refractivity contribution in [2.24, 2.45) is 5.73 Å². The molecule has 0 aliphatic carbocycles. The topological polar surface area (TPSA) is 113 Å². The number of hydrogen-bond donors (Lipinski definition) is 4. The molecule has 0 spiro atoms. The van der Waals surface area contributed by atoms with Gasteiger partial charge in [0.1, 0.15) is 0 Å². The molecular weight excluding hydrogens is 176 g/mol. The Hall–Kier alpha value is -1.14. The minimum atomic E-state index is -0.973. The second kappa shape index (κ2) is 6.38. The Balaban J connectivity index is 3.46. The van der Waals surface area contributed by atoms with Crippen molar-refractivity contribution in [3.05, 3.63) is 0 Å². The second-order valence-corrected chi connectivity index (χ2v) is 2.59. The standard InChI is InChI=1S/C7H14N2O4/c8-4-5(10)3-6(11)9-2-1-7(12)13/h5,10H,1-4,8H2,(H,9,11)(H,12,13). The quantitative estimate of drug-likeness (QED) is 0.398. The second-order valence-electron chi connectivity index (χ2n) is 2.59. The molecule has 0 fully saturated rings. The highest BCUT2D eigenvalue weighted by Crippen LogP contribution is 1.88. The highest BCUT2D eigenvalue weighted by atomic mass is 16.4. The minimum absolute atomic E-state index is 0.0202. The van der Waals surface area contributed by atoms with Crippen LogP contribution in [0.15, 0.2) is 0 Å². The molecule has 0 aliphatic rings. The minimum Gasteiger partial charge on any atom is -0.481 e. The molecule has 0 radical (unpaired) electrons. The highest BCUT2D eigenvalue weighted by Gasteiger charge is 2.08. The molecule has 13 heavy (non-hydrogen) atoms. The Bertz CT molecular complexity index is 183. The lowest BCUT2D eigenvalue weighted by atomic mass is 10.2. The molecule has 0 aromatic heterocycles. The van der Waals surface area contributed by atoms with Crippen LogP contribution in [0.4, 0.5) is 0 Å². The van der Waals surface area contributed by atoms with Crippen LogP contribution in [-0.4, -0.2) is 41.3 Å². The summed E-state index contributed by atoms with van der Waals surface area (Å²) in [5, 5.41) is 19.5. The van der Waals surface area contributed by atoms with E-state index in [1.165, 1.54) is 0 Å². The number of rotatable bonds is 6. The van der Waals surface area contributed by atoms with Gasteiger partial charge in [0.25, 0.3) is 0 Å². The summed E-state index contributed by atoms with van der Waals surface area (Å²) in [6.07, 6.45) is -1.06. The van der Waals surface area contributed by atoms with Crippen LogP contribution in [-0.2, 0) is 9.59 Å². The number of aliphatic carboxylic acids is 1. The molecule has 0 aromatic rings. The van der Waals surface area contributed by atoms with Gasteiger partial charge < -0.3 is 21.3 Å². The number of carboxylic acids is 1. The molecule has 0 rings (SSSR count). The summed E-state index contributed by atoms with van der Waals surface area (Å²) in [7, 11) is 0. The first-order valence-corrected chi connectivity index (χ1v) is 3.93. The lowest BCUT2D eigenvalue weighted by Crippen LogP contribution is -2.32. The molecule has 0 heterocycles. The fraction of sp³-hybridized carbons (Fsp3) is 0.714. The Kier molecular flexibility index (Phi) is 5.82. The highest BCUT2D eigenvalue weighted by molar-refractivity contribution is 5.77. The predicted molar refractivity (Wildman–Crippen MR) is 44.9 cm³/mol. The van der Waals surface area contributed by atoms with E-state index in [1.54, 1.807) is 0 Å². The molecule has 0 saturated carbocycles. The molecule has 6 nitrogen and oxygen atoms in total. The van der Waals surface area contributed by atoms with E-state index in [1.807, 2.05) is 0 Å². The number of nitrogens with one attached hydrogen (secondary N) is 1. The zero-order chi connectivity index (χ0) is 10.3. The van der Waals surface area contributed by atoms with Crippen LogP contribution in [0.2, 0.25) is 0 Å². The number of aliphatic hydroxyl groups excluding tert-OH is 1. The fourth-order valence-electron chi connectivity index (χ4n) is 0.678. The molecule has 1 unspecified atom stereocenters. The van der Waals surface area contributed by atoms with E-state index in [9.17, 15) is 9.59 Å². The molecule has 1 atom stereocenters. The van der Waals surface area contributed by atoms with Crippen molar-refractivity contribution < 1.29 is 19.8 Å². The molecule has 0 bridgehead atoms. The van der Waals surface area contributed by atoms with E-state index in [-0.39, 0.29) is 31.8 Å². The number of aliphatic hydroxyl groups is 1. The zero-order valence-electron chi connectivity index (χ0n) is 7.19. The van der Waals surface area contributed by atoms with Crippen molar-refractivity contribution in [1.82, 2.24) is 5.32 Å². The fourth-order valence-corrected chi connectivity index (χ4v) is 0.678. The van der Waals surface area contributed by atoms with Gasteiger partial charge in [0.15, 0.2) is 0 Å². The van der Waals surface area contributed by atoms with Crippen LogP contribution in [0.5, 0.6) is 0 Å². The van der Waals surface area contributed by atoms with Crippen LogP contribution < -0.4 is 11.1 Å². The third-order valence-corrected chi connectivity index (χ3v) is 1.35. The van der Waals surface area contributed by atoms with Gasteiger partial charge >= 0.3 is 5.97 Å². The molecule has 0 saturated heterocycles. The van der Waals surface area contributed by atoms with E-state index < -0.39 is 12.1 Å². The number of carboxylic acid groups (broad SMARTS) is 1. The molecule has 5 N–H and O–H groups in total. The van der Waals surface area contributed by atoms with Crippen molar-refractivity contribution >= 4 is 11.9 Å². The van der Waals surface area contributed by atoms with Gasteiger partial charge in [-0.25, -0.2) is 0 Å². The van der Waals surface area contributed by atoms with E-state index in [0.717, 1.165) is 0 Å². The molecule has 1 amide bonds. The number of carbonyl (C=O) groups excluding carboxylic acids is 1. The van der Waals surface area contributed by atoms with E-state index in [4.69, 9.17) is 15.9 Å². The van der Waals surface area contributed by atoms with E-state index >= 15 is 0 Å². The third kappa shape index (κ3) is 7.23. The SMILES string of the molecule is NCC(O)CC(=O)NCCC(=O)O. The van der Waals surface area contributed by atoms with Gasteiger partial charge in [-0.2, -0.15) is 0 Å². The van der Waals surface area contributed by atoms with E-state index in [0.29, 0.717) is 0 Å². The van der Waals surface area contributed by atoms with Gasteiger partial charge in [-0.1, -0.05) is 0 Å². The summed E-state index contributed by atoms with van der Waals surface area (Å²) < 4.78 is 0. The lowest BCUT2D eigenvalue weighted by Gasteiger charge is -2.07. The number of amides is 1. The smallest absolute Gasteiger partial charge is 0.305 e. The van der Waals surface area contributed by atoms with Gasteiger partial charge in [0.05, 0.1) is 18.9 Å². The first-order chi connectivity index (χ1) is 6.06. The summed E-state index contributed by atoms with van der Waals surface area (Å²) in [5.74, 6) is -1.36. The van der Waals surface area contributed by atoms with Crippen LogP contribution in [0.1, 0.15) is 12.8 Å². The van der Waals surface area contributed by atoms with E-state index in [2.05, 4.69) is 5.32 Å². The average Bonchev–Trinajstić information content (AvgIpc) is 2.03. The Morgan fingerprint density at radius 1 is 1.46 bits per heavy atom. The largest absolute Gasteiger partial charge is 0.481 e. The maximum absolute atomic E-state index is 10.9. The Morgan fingerprint density at radius 2 is 2.08 bits per heavy atom. The molecule has 0 aromatic carbocycles. The lowest BCUT2D eigenvalue weighted by molar-refractivity contribution is -0.136. The van der Waals surface area contributed by atoms with Crippen molar-refractivity contribution in [3.8, 4) is 0 Å². The average molecular weight is 190 g/mol. The Labute approximate surface area is 75.7 Å². The summed E-state index contributed by atoms with van der Waals surface area (Å²) in [4.78, 5) is 20.9. The van der Waals surface area contributed by atoms with Crippen molar-refractivity contribution in [2.75, 3.05) is 13.1 Å². The van der Waals surface area contributed by atoms with Gasteiger partial charge in [-0.05, 0) is 0 Å². The number of hydrogen-bond acceptors (Lipinski definition) is 4. The van der Waals surface area contributed by atoms with Crippen molar-refractivity contribution in [3.63, 3.8) is 0 Å². The molecule has 76 valence electrons. The van der Waals surface area contributed by atoms with Gasteiger partial charge in [0.2, 0.25) is 5.91 Å². The van der Waals surface area contributed by atoms with Gasteiger partial charge in [-0.3, -0.25) is 9.59 Å². The van der Waals surface area contributed by atoms with Crippen LogP contribution >= 0.6 is 0 Å². The van der Waals surface area contributed by atoms with Gasteiger partial charge in [-0.15, -0.1) is 0 Å². The summed E-state index contributed by atoms with van der Waals surface area (Å²) in [6.45, 7) is 0.0950. The van der Waals surface area contributed by atoms with Crippen molar-refractivity contribution in [2.45, 2.75) is 18.9 Å². The molecule has 6 heteroatoms. The molecule has 0 aliphatic heterocycles. The predicted octanol–water partition coefficient (Wildman–Crippen LogP) is -1.71. The van der Waals surface area contributed by atoms with Gasteiger partial charge in [0, 0.05) is 13.1 Å². The summed E-state index contributed by atoms with van der Waals surface area (Å²) >= 11 is 0. The summed E-state index contributed by atoms with van der Waals surface area (Å²) in [5.41, 5.74) is 5.07. The Morgan fingerprint density at radius 3 is 2.54 bits per heavy atom. The maximum atomic E-state index is 10.9. The third-order valence-electron chi connectivity index (χ3n) is 1.35. The maximum Gasteiger partial charge on any atom is 0.305 e. The monoisotopic (exact) mass is 190 g/mol. The van der Waals surface area contributed by atoms with Crippen molar-refractivity contribution in [1.29, 1.82) is 0 Å². The number of carbonyl (C=O) groups is 2. The first kappa shape index (κ1) is 11.9. The van der Waals surface area contributed by atoms with Crippen LogP contribution in [0.25, 0.3) is 0 Å². The van der Waals surface area contributed by atoms with Crippen LogP contribution in [0.3, 0.4) is 0 Å².